The fraction of sp³-hybridized carbons (Fsp3) is 0.235. The highest BCUT2D eigenvalue weighted by atomic mass is 35.5. The van der Waals surface area contributed by atoms with Gasteiger partial charge in [-0.05, 0) is 30.3 Å². The van der Waals surface area contributed by atoms with E-state index in [2.05, 4.69) is 4.90 Å². The summed E-state index contributed by atoms with van der Waals surface area (Å²) in [7, 11) is 0. The summed E-state index contributed by atoms with van der Waals surface area (Å²) in [5.74, 6) is -0.507. The molecule has 1 saturated heterocycles. The maximum atomic E-state index is 12.7. The third-order valence-electron chi connectivity index (χ3n) is 4.38. The van der Waals surface area contributed by atoms with Crippen LogP contribution >= 0.6 is 11.6 Å². The molecule has 0 aromatic heterocycles. The number of amides is 1. The number of hydrogen-bond acceptors (Lipinski definition) is 6. The van der Waals surface area contributed by atoms with Gasteiger partial charge in [0, 0.05) is 43.0 Å². The Morgan fingerprint density at radius 3 is 2.11 bits per heavy atom. The highest BCUT2D eigenvalue weighted by Gasteiger charge is 2.29. The Hall–Kier alpha value is -3.20. The van der Waals surface area contributed by atoms with Crippen molar-refractivity contribution in [2.75, 3.05) is 31.1 Å². The second kappa shape index (κ2) is 7.58. The van der Waals surface area contributed by atoms with Gasteiger partial charge in [-0.3, -0.25) is 25.0 Å². The van der Waals surface area contributed by atoms with Crippen LogP contribution in [0.5, 0.6) is 0 Å². The van der Waals surface area contributed by atoms with Crippen LogP contribution in [0.3, 0.4) is 0 Å². The van der Waals surface area contributed by atoms with E-state index in [9.17, 15) is 25.0 Å². The maximum Gasteiger partial charge on any atom is 0.289 e. The van der Waals surface area contributed by atoms with E-state index < -0.39 is 27.1 Å². The Bertz CT molecular complexity index is 895. The smallest absolute Gasteiger partial charge is 0.289 e. The lowest BCUT2D eigenvalue weighted by atomic mass is 10.1. The predicted octanol–water partition coefficient (Wildman–Crippen LogP) is 3.12. The Morgan fingerprint density at radius 2 is 1.56 bits per heavy atom. The first-order valence-corrected chi connectivity index (χ1v) is 8.47. The summed E-state index contributed by atoms with van der Waals surface area (Å²) < 4.78 is 0. The molecule has 0 unspecified atom stereocenters. The van der Waals surface area contributed by atoms with Crippen LogP contribution in [0.1, 0.15) is 10.4 Å². The van der Waals surface area contributed by atoms with Gasteiger partial charge in [0.2, 0.25) is 0 Å². The van der Waals surface area contributed by atoms with Crippen LogP contribution in [-0.4, -0.2) is 46.8 Å². The van der Waals surface area contributed by atoms with Crippen molar-refractivity contribution in [3.8, 4) is 0 Å². The molecule has 1 aliphatic heterocycles. The van der Waals surface area contributed by atoms with Crippen LogP contribution in [0, 0.1) is 20.2 Å². The van der Waals surface area contributed by atoms with E-state index in [-0.39, 0.29) is 5.56 Å². The lowest BCUT2D eigenvalue weighted by Crippen LogP contribution is -2.48. The third kappa shape index (κ3) is 3.98. The number of nitro groups is 2. The van der Waals surface area contributed by atoms with Crippen molar-refractivity contribution >= 4 is 34.6 Å². The number of nitro benzene ring substituents is 2. The summed E-state index contributed by atoms with van der Waals surface area (Å²) in [6, 6.07) is 10.4. The minimum absolute atomic E-state index is 0.148. The molecular weight excluding hydrogens is 376 g/mol. The van der Waals surface area contributed by atoms with Gasteiger partial charge >= 0.3 is 0 Å². The summed E-state index contributed by atoms with van der Waals surface area (Å²) in [6.45, 7) is 1.90. The lowest BCUT2D eigenvalue weighted by molar-refractivity contribution is -0.394. The monoisotopic (exact) mass is 390 g/mol. The molecule has 3 rings (SSSR count). The van der Waals surface area contributed by atoms with E-state index in [0.29, 0.717) is 31.2 Å². The molecule has 2 aromatic carbocycles. The molecule has 9 nitrogen and oxygen atoms in total. The summed E-state index contributed by atoms with van der Waals surface area (Å²) in [5, 5.41) is 22.7. The van der Waals surface area contributed by atoms with Crippen molar-refractivity contribution in [1.82, 2.24) is 4.90 Å². The number of non-ortho nitro benzene ring substituents is 1. The van der Waals surface area contributed by atoms with Gasteiger partial charge in [0.05, 0.1) is 15.9 Å². The van der Waals surface area contributed by atoms with Crippen molar-refractivity contribution in [3.63, 3.8) is 0 Å². The molecule has 1 heterocycles. The number of piperazine rings is 1. The van der Waals surface area contributed by atoms with Crippen LogP contribution in [0.25, 0.3) is 0 Å². The number of anilines is 1. The molecule has 0 atom stereocenters. The standard InChI is InChI=1S/C17H15ClN4O5/c18-12-1-3-13(4-2-12)19-7-9-20(10-8-19)17(23)15-6-5-14(21(24)25)11-16(15)22(26)27/h1-6,11H,7-10H2. The second-order valence-electron chi connectivity index (χ2n) is 5.97. The van der Waals surface area contributed by atoms with Gasteiger partial charge < -0.3 is 9.80 Å². The number of benzene rings is 2. The number of carbonyl (C=O) groups excluding carboxylic acids is 1. The fourth-order valence-electron chi connectivity index (χ4n) is 2.96. The topological polar surface area (TPSA) is 110 Å². The Labute approximate surface area is 159 Å². The van der Waals surface area contributed by atoms with Crippen LogP contribution in [-0.2, 0) is 0 Å². The molecule has 0 aliphatic carbocycles. The summed E-state index contributed by atoms with van der Waals surface area (Å²) in [6.07, 6.45) is 0. The summed E-state index contributed by atoms with van der Waals surface area (Å²) >= 11 is 5.89. The van der Waals surface area contributed by atoms with Gasteiger partial charge in [0.1, 0.15) is 5.56 Å². The zero-order valence-electron chi connectivity index (χ0n) is 14.1. The van der Waals surface area contributed by atoms with Crippen LogP contribution in [0.2, 0.25) is 5.02 Å². The molecule has 1 amide bonds. The van der Waals surface area contributed by atoms with E-state index in [1.807, 2.05) is 12.1 Å². The maximum absolute atomic E-state index is 12.7. The van der Waals surface area contributed by atoms with Crippen molar-refractivity contribution in [3.05, 3.63) is 73.3 Å². The molecule has 0 spiro atoms. The lowest BCUT2D eigenvalue weighted by Gasteiger charge is -2.36. The molecule has 0 N–H and O–H groups in total. The summed E-state index contributed by atoms with van der Waals surface area (Å²) in [4.78, 5) is 36.9. The van der Waals surface area contributed by atoms with Crippen LogP contribution in [0.15, 0.2) is 42.5 Å². The molecule has 0 radical (unpaired) electrons. The number of hydrogen-bond donors (Lipinski definition) is 0. The van der Waals surface area contributed by atoms with Crippen molar-refractivity contribution in [1.29, 1.82) is 0 Å². The Morgan fingerprint density at radius 1 is 0.926 bits per heavy atom. The second-order valence-corrected chi connectivity index (χ2v) is 6.41. The van der Waals surface area contributed by atoms with E-state index in [1.165, 1.54) is 4.90 Å². The fourth-order valence-corrected chi connectivity index (χ4v) is 3.08. The number of halogens is 1. The minimum Gasteiger partial charge on any atom is -0.368 e. The number of rotatable bonds is 4. The molecule has 27 heavy (non-hydrogen) atoms. The SMILES string of the molecule is O=C(c1ccc([N+](=O)[O-])cc1[N+](=O)[O-])N1CCN(c2ccc(Cl)cc2)CC1. The first-order chi connectivity index (χ1) is 12.9. The third-order valence-corrected chi connectivity index (χ3v) is 4.63. The first-order valence-electron chi connectivity index (χ1n) is 8.09. The van der Waals surface area contributed by atoms with E-state index in [0.717, 1.165) is 23.9 Å². The average Bonchev–Trinajstić information content (AvgIpc) is 2.67. The molecule has 1 fully saturated rings. The Balaban J connectivity index is 1.75. The molecular formula is C17H15ClN4O5. The highest BCUT2D eigenvalue weighted by Crippen LogP contribution is 2.27. The largest absolute Gasteiger partial charge is 0.368 e. The molecule has 2 aromatic rings. The quantitative estimate of drug-likeness (QED) is 0.586. The number of carbonyl (C=O) groups is 1. The van der Waals surface area contributed by atoms with Crippen LogP contribution < -0.4 is 4.90 Å². The summed E-state index contributed by atoms with van der Waals surface area (Å²) in [5.41, 5.74) is -0.154. The zero-order valence-corrected chi connectivity index (χ0v) is 14.8. The van der Waals surface area contributed by atoms with Gasteiger partial charge in [-0.25, -0.2) is 0 Å². The average molecular weight is 391 g/mol. The minimum atomic E-state index is -0.774. The van der Waals surface area contributed by atoms with Crippen molar-refractivity contribution in [2.24, 2.45) is 0 Å². The van der Waals surface area contributed by atoms with Gasteiger partial charge in [-0.1, -0.05) is 11.6 Å². The van der Waals surface area contributed by atoms with Gasteiger partial charge in [0.25, 0.3) is 17.3 Å². The molecule has 10 heteroatoms. The number of nitrogens with zero attached hydrogens (tertiary/aromatic N) is 4. The van der Waals surface area contributed by atoms with Gasteiger partial charge in [0.15, 0.2) is 0 Å². The van der Waals surface area contributed by atoms with Crippen molar-refractivity contribution in [2.45, 2.75) is 0 Å². The van der Waals surface area contributed by atoms with Gasteiger partial charge in [-0.15, -0.1) is 0 Å². The van der Waals surface area contributed by atoms with Crippen molar-refractivity contribution < 1.29 is 14.6 Å². The molecule has 1 aliphatic rings. The molecule has 0 saturated carbocycles. The highest BCUT2D eigenvalue weighted by molar-refractivity contribution is 6.30. The zero-order chi connectivity index (χ0) is 19.6. The van der Waals surface area contributed by atoms with E-state index in [1.54, 1.807) is 12.1 Å². The van der Waals surface area contributed by atoms with E-state index in [4.69, 9.17) is 11.6 Å². The normalized spacial score (nSPS) is 14.1. The Kier molecular flexibility index (Phi) is 5.22. The first kappa shape index (κ1) is 18.6. The molecule has 0 bridgehead atoms. The molecule has 140 valence electrons. The van der Waals surface area contributed by atoms with Gasteiger partial charge in [-0.2, -0.15) is 0 Å². The van der Waals surface area contributed by atoms with Crippen LogP contribution in [0.4, 0.5) is 17.1 Å². The predicted molar refractivity (Wildman–Crippen MR) is 99.3 cm³/mol. The van der Waals surface area contributed by atoms with E-state index >= 15 is 0 Å².